The molecule has 0 amide bonds. The van der Waals surface area contributed by atoms with Crippen molar-refractivity contribution in [2.75, 3.05) is 13.2 Å². The lowest BCUT2D eigenvalue weighted by Crippen LogP contribution is -2.43. The van der Waals surface area contributed by atoms with Gasteiger partial charge in [-0.3, -0.25) is 4.79 Å². The fourth-order valence-corrected chi connectivity index (χ4v) is 3.80. The quantitative estimate of drug-likeness (QED) is 0.513. The Kier molecular flexibility index (Phi) is 6.13. The summed E-state index contributed by atoms with van der Waals surface area (Å²) in [7, 11) is 0. The van der Waals surface area contributed by atoms with Crippen molar-refractivity contribution in [2.45, 2.75) is 44.7 Å². The third-order valence-corrected chi connectivity index (χ3v) is 5.49. The van der Waals surface area contributed by atoms with Crippen LogP contribution >= 0.6 is 11.6 Å². The van der Waals surface area contributed by atoms with Gasteiger partial charge in [0.15, 0.2) is 6.61 Å². The number of rotatable bonds is 6. The number of esters is 1. The fraction of sp³-hybridized carbons (Fsp3) is 0.409. The molecule has 1 fully saturated rings. The minimum absolute atomic E-state index is 0.0397. The van der Waals surface area contributed by atoms with Gasteiger partial charge < -0.3 is 9.47 Å². The van der Waals surface area contributed by atoms with E-state index in [1.165, 1.54) is 6.07 Å². The zero-order valence-corrected chi connectivity index (χ0v) is 17.0. The third-order valence-electron chi connectivity index (χ3n) is 5.21. The summed E-state index contributed by atoms with van der Waals surface area (Å²) in [5.41, 5.74) is 1.92. The van der Waals surface area contributed by atoms with Crippen molar-refractivity contribution in [3.05, 3.63) is 52.5 Å². The number of benzene rings is 2. The Morgan fingerprint density at radius 3 is 2.34 bits per heavy atom. The first kappa shape index (κ1) is 21.5. The van der Waals surface area contributed by atoms with Crippen LogP contribution in [0.3, 0.4) is 0 Å². The highest BCUT2D eigenvalue weighted by atomic mass is 35.5. The van der Waals surface area contributed by atoms with Gasteiger partial charge in [-0.15, -0.1) is 0 Å². The maximum absolute atomic E-state index is 12.8. The summed E-state index contributed by atoms with van der Waals surface area (Å²) >= 11 is 6.37. The normalized spacial score (nSPS) is 15.5. The number of aryl methyl sites for hydroxylation is 1. The maximum atomic E-state index is 12.8. The third kappa shape index (κ3) is 4.53. The highest BCUT2D eigenvalue weighted by molar-refractivity contribution is 6.32. The number of hydrogen-bond donors (Lipinski definition) is 0. The van der Waals surface area contributed by atoms with Gasteiger partial charge in [0, 0.05) is 5.56 Å². The van der Waals surface area contributed by atoms with E-state index < -0.39 is 18.2 Å². The van der Waals surface area contributed by atoms with E-state index >= 15 is 0 Å². The monoisotopic (exact) mass is 426 g/mol. The van der Waals surface area contributed by atoms with Crippen LogP contribution in [-0.2, 0) is 14.9 Å². The maximum Gasteiger partial charge on any atom is 0.422 e. The van der Waals surface area contributed by atoms with Gasteiger partial charge in [-0.2, -0.15) is 13.2 Å². The molecule has 0 atom stereocenters. The summed E-state index contributed by atoms with van der Waals surface area (Å²) < 4.78 is 48.6. The van der Waals surface area contributed by atoms with Gasteiger partial charge in [0.25, 0.3) is 0 Å². The molecule has 0 aromatic heterocycles. The zero-order chi connectivity index (χ0) is 21.2. The van der Waals surface area contributed by atoms with Gasteiger partial charge in [0.1, 0.15) is 5.75 Å². The van der Waals surface area contributed by atoms with Crippen LogP contribution in [0.15, 0.2) is 36.4 Å². The van der Waals surface area contributed by atoms with Crippen LogP contribution in [0.4, 0.5) is 13.2 Å². The van der Waals surface area contributed by atoms with Crippen LogP contribution in [0.2, 0.25) is 5.02 Å². The van der Waals surface area contributed by atoms with Gasteiger partial charge >= 0.3 is 12.1 Å². The molecule has 1 aliphatic rings. The average Bonchev–Trinajstić information content (AvgIpc) is 2.59. The summed E-state index contributed by atoms with van der Waals surface area (Å²) in [5, 5.41) is 0.0397. The topological polar surface area (TPSA) is 35.5 Å². The van der Waals surface area contributed by atoms with Gasteiger partial charge in [0.05, 0.1) is 17.0 Å². The molecule has 0 unspecified atom stereocenters. The first-order valence-corrected chi connectivity index (χ1v) is 9.82. The molecule has 0 N–H and O–H groups in total. The lowest BCUT2D eigenvalue weighted by atomic mass is 9.64. The number of carbonyl (C=O) groups is 1. The summed E-state index contributed by atoms with van der Waals surface area (Å²) in [6.07, 6.45) is -2.41. The minimum Gasteiger partial charge on any atom is -0.482 e. The van der Waals surface area contributed by atoms with Crippen LogP contribution in [0, 0.1) is 6.92 Å². The van der Waals surface area contributed by atoms with Gasteiger partial charge in [0.2, 0.25) is 0 Å². The van der Waals surface area contributed by atoms with E-state index in [0.717, 1.165) is 12.0 Å². The molecule has 1 saturated carbocycles. The van der Waals surface area contributed by atoms with Crippen molar-refractivity contribution in [2.24, 2.45) is 0 Å². The number of alkyl halides is 3. The van der Waals surface area contributed by atoms with Crippen LogP contribution in [-0.4, -0.2) is 25.4 Å². The van der Waals surface area contributed by atoms with Gasteiger partial charge in [-0.1, -0.05) is 47.9 Å². The SMILES string of the molecule is CCOC(=O)C1(c2cc(Cl)c(OCC(F)(F)F)c(-c3ccc(C)cc3)c2)CCC1. The molecule has 0 heterocycles. The van der Waals surface area contributed by atoms with Crippen molar-refractivity contribution >= 4 is 17.6 Å². The molecule has 0 radical (unpaired) electrons. The Balaban J connectivity index is 2.11. The molecule has 156 valence electrons. The lowest BCUT2D eigenvalue weighted by Gasteiger charge is -2.40. The lowest BCUT2D eigenvalue weighted by molar-refractivity contribution is -0.154. The predicted molar refractivity (Wildman–Crippen MR) is 105 cm³/mol. The number of ether oxygens (including phenoxy) is 2. The first-order valence-electron chi connectivity index (χ1n) is 9.44. The summed E-state index contributed by atoms with van der Waals surface area (Å²) in [4.78, 5) is 12.6. The molecule has 3 nitrogen and oxygen atoms in total. The highest BCUT2D eigenvalue weighted by Crippen LogP contribution is 2.49. The van der Waals surface area contributed by atoms with Gasteiger partial charge in [-0.25, -0.2) is 0 Å². The van der Waals surface area contributed by atoms with E-state index in [9.17, 15) is 18.0 Å². The van der Waals surface area contributed by atoms with Crippen molar-refractivity contribution in [1.82, 2.24) is 0 Å². The molecule has 2 aromatic rings. The largest absolute Gasteiger partial charge is 0.482 e. The molecule has 0 aliphatic heterocycles. The van der Waals surface area contributed by atoms with E-state index in [0.29, 0.717) is 29.5 Å². The Morgan fingerprint density at radius 2 is 1.83 bits per heavy atom. The standard InChI is InChI=1S/C22H22ClF3O3/c1-3-28-20(27)21(9-4-10-21)16-11-17(15-7-5-14(2)6-8-15)19(18(23)12-16)29-13-22(24,25)26/h5-8,11-12H,3-4,9-10,13H2,1-2H3. The molecule has 7 heteroatoms. The molecule has 2 aromatic carbocycles. The summed E-state index contributed by atoms with van der Waals surface area (Å²) in [6.45, 7) is 2.46. The minimum atomic E-state index is -4.49. The van der Waals surface area contributed by atoms with Crippen LogP contribution in [0.5, 0.6) is 5.75 Å². The Morgan fingerprint density at radius 1 is 1.17 bits per heavy atom. The van der Waals surface area contributed by atoms with E-state index in [4.69, 9.17) is 21.1 Å². The molecular weight excluding hydrogens is 405 g/mol. The molecule has 0 saturated heterocycles. The van der Waals surface area contributed by atoms with E-state index in [2.05, 4.69) is 0 Å². The van der Waals surface area contributed by atoms with Crippen LogP contribution in [0.1, 0.15) is 37.3 Å². The van der Waals surface area contributed by atoms with Crippen molar-refractivity contribution < 1.29 is 27.4 Å². The van der Waals surface area contributed by atoms with Crippen molar-refractivity contribution in [3.8, 4) is 16.9 Å². The molecule has 0 bridgehead atoms. The van der Waals surface area contributed by atoms with E-state index in [1.807, 2.05) is 19.1 Å². The second kappa shape index (κ2) is 8.27. The Bertz CT molecular complexity index is 887. The Hall–Kier alpha value is -2.21. The predicted octanol–water partition coefficient (Wildman–Crippen LogP) is 6.24. The van der Waals surface area contributed by atoms with Crippen LogP contribution < -0.4 is 4.74 Å². The number of hydrogen-bond acceptors (Lipinski definition) is 3. The van der Waals surface area contributed by atoms with Crippen molar-refractivity contribution in [3.63, 3.8) is 0 Å². The summed E-state index contributed by atoms with van der Waals surface area (Å²) in [5.74, 6) is -0.379. The second-order valence-electron chi connectivity index (χ2n) is 7.26. The summed E-state index contributed by atoms with van der Waals surface area (Å²) in [6, 6.07) is 10.5. The smallest absolute Gasteiger partial charge is 0.422 e. The molecular formula is C22H22ClF3O3. The van der Waals surface area contributed by atoms with Crippen molar-refractivity contribution in [1.29, 1.82) is 0 Å². The van der Waals surface area contributed by atoms with E-state index in [1.54, 1.807) is 25.1 Å². The van der Waals surface area contributed by atoms with E-state index in [-0.39, 0.29) is 23.3 Å². The fourth-order valence-electron chi connectivity index (χ4n) is 3.53. The molecule has 29 heavy (non-hydrogen) atoms. The number of carbonyl (C=O) groups excluding carboxylic acids is 1. The molecule has 3 rings (SSSR count). The number of halogens is 4. The second-order valence-corrected chi connectivity index (χ2v) is 7.67. The molecule has 0 spiro atoms. The zero-order valence-electron chi connectivity index (χ0n) is 16.2. The Labute approximate surface area is 172 Å². The molecule has 1 aliphatic carbocycles. The van der Waals surface area contributed by atoms with Gasteiger partial charge in [-0.05, 0) is 49.9 Å². The van der Waals surface area contributed by atoms with Crippen LogP contribution in [0.25, 0.3) is 11.1 Å². The average molecular weight is 427 g/mol. The highest BCUT2D eigenvalue weighted by Gasteiger charge is 2.47. The first-order chi connectivity index (χ1) is 13.7.